The van der Waals surface area contributed by atoms with Crippen molar-refractivity contribution in [3.63, 3.8) is 0 Å². The third-order valence-electron chi connectivity index (χ3n) is 3.69. The Morgan fingerprint density at radius 2 is 1.82 bits per heavy atom. The molecule has 0 aliphatic heterocycles. The van der Waals surface area contributed by atoms with Crippen LogP contribution in [0.4, 0.5) is 5.69 Å². The van der Waals surface area contributed by atoms with Gasteiger partial charge in [-0.2, -0.15) is 0 Å². The summed E-state index contributed by atoms with van der Waals surface area (Å²) in [5.41, 5.74) is 3.56. The molecule has 0 heterocycles. The lowest BCUT2D eigenvalue weighted by molar-refractivity contribution is -0.384. The van der Waals surface area contributed by atoms with Gasteiger partial charge >= 0.3 is 5.97 Å². The van der Waals surface area contributed by atoms with E-state index in [1.54, 1.807) is 12.1 Å². The van der Waals surface area contributed by atoms with Gasteiger partial charge in [0.05, 0.1) is 10.8 Å². The van der Waals surface area contributed by atoms with Crippen LogP contribution in [-0.2, 0) is 11.2 Å². The Bertz CT molecular complexity index is 707. The van der Waals surface area contributed by atoms with Crippen molar-refractivity contribution in [3.8, 4) is 0 Å². The van der Waals surface area contributed by atoms with E-state index in [2.05, 4.69) is 0 Å². The highest BCUT2D eigenvalue weighted by Gasteiger charge is 2.22. The normalized spacial score (nSPS) is 11.9. The van der Waals surface area contributed by atoms with Crippen molar-refractivity contribution in [2.75, 3.05) is 0 Å². The topological polar surface area (TPSA) is 80.4 Å². The number of carboxylic acids is 1. The molecule has 114 valence electrons. The lowest BCUT2D eigenvalue weighted by atomic mass is 9.88. The Labute approximate surface area is 128 Å². The Morgan fingerprint density at radius 1 is 1.18 bits per heavy atom. The molecule has 22 heavy (non-hydrogen) atoms. The maximum absolute atomic E-state index is 11.6. The molecule has 2 aromatic rings. The second-order valence-corrected chi connectivity index (χ2v) is 5.38. The SMILES string of the molecule is Cc1ccc(C(Cc2ccc([N+](=O)[O-])cc2)C(=O)O)c(C)c1. The van der Waals surface area contributed by atoms with Crippen molar-refractivity contribution < 1.29 is 14.8 Å². The number of nitro benzene ring substituents is 1. The van der Waals surface area contributed by atoms with Gasteiger partial charge < -0.3 is 5.11 Å². The summed E-state index contributed by atoms with van der Waals surface area (Å²) in [6, 6.07) is 11.7. The molecule has 0 saturated heterocycles. The number of nitro groups is 1. The fourth-order valence-corrected chi connectivity index (χ4v) is 2.54. The average Bonchev–Trinajstić information content (AvgIpc) is 2.45. The van der Waals surface area contributed by atoms with Crippen LogP contribution in [0.15, 0.2) is 42.5 Å². The molecule has 2 rings (SSSR count). The Kier molecular flexibility index (Phi) is 4.56. The minimum absolute atomic E-state index is 0.00198. The zero-order valence-corrected chi connectivity index (χ0v) is 12.4. The average molecular weight is 299 g/mol. The molecule has 1 unspecified atom stereocenters. The third kappa shape index (κ3) is 3.49. The number of aryl methyl sites for hydroxylation is 2. The Morgan fingerprint density at radius 3 is 2.32 bits per heavy atom. The van der Waals surface area contributed by atoms with Gasteiger partial charge in [0.1, 0.15) is 0 Å². The number of benzene rings is 2. The summed E-state index contributed by atoms with van der Waals surface area (Å²) < 4.78 is 0. The van der Waals surface area contributed by atoms with Crippen molar-refractivity contribution >= 4 is 11.7 Å². The monoisotopic (exact) mass is 299 g/mol. The van der Waals surface area contributed by atoms with Crippen molar-refractivity contribution in [2.45, 2.75) is 26.2 Å². The summed E-state index contributed by atoms with van der Waals surface area (Å²) in [6.07, 6.45) is 0.303. The number of hydrogen-bond donors (Lipinski definition) is 1. The first-order chi connectivity index (χ1) is 10.4. The second kappa shape index (κ2) is 6.39. The van der Waals surface area contributed by atoms with Crippen LogP contribution in [0.3, 0.4) is 0 Å². The van der Waals surface area contributed by atoms with Gasteiger partial charge in [-0.1, -0.05) is 35.9 Å². The first kappa shape index (κ1) is 15.7. The number of non-ortho nitro benzene ring substituents is 1. The number of rotatable bonds is 5. The molecule has 5 heteroatoms. The highest BCUT2D eigenvalue weighted by molar-refractivity contribution is 5.77. The van der Waals surface area contributed by atoms with Crippen LogP contribution >= 0.6 is 0 Å². The number of carboxylic acid groups (broad SMARTS) is 1. The molecular weight excluding hydrogens is 282 g/mol. The Balaban J connectivity index is 2.29. The maximum atomic E-state index is 11.6. The van der Waals surface area contributed by atoms with Gasteiger partial charge in [-0.25, -0.2) is 0 Å². The summed E-state index contributed by atoms with van der Waals surface area (Å²) in [7, 11) is 0. The van der Waals surface area contributed by atoms with Crippen LogP contribution in [0.2, 0.25) is 0 Å². The predicted molar refractivity (Wildman–Crippen MR) is 83.1 cm³/mol. The van der Waals surface area contributed by atoms with Gasteiger partial charge in [0, 0.05) is 12.1 Å². The summed E-state index contributed by atoms with van der Waals surface area (Å²) >= 11 is 0. The number of aliphatic carboxylic acids is 1. The standard InChI is InChI=1S/C17H17NO4/c1-11-3-8-15(12(2)9-11)16(17(19)20)10-13-4-6-14(7-5-13)18(21)22/h3-9,16H,10H2,1-2H3,(H,19,20). The van der Waals surface area contributed by atoms with Crippen molar-refractivity contribution in [3.05, 3.63) is 74.8 Å². The van der Waals surface area contributed by atoms with Crippen LogP contribution in [0.5, 0.6) is 0 Å². The van der Waals surface area contributed by atoms with E-state index in [1.807, 2.05) is 32.0 Å². The Hall–Kier alpha value is -2.69. The molecule has 0 fully saturated rings. The molecule has 2 aromatic carbocycles. The lowest BCUT2D eigenvalue weighted by Crippen LogP contribution is -2.15. The maximum Gasteiger partial charge on any atom is 0.311 e. The van der Waals surface area contributed by atoms with Crippen LogP contribution in [0.1, 0.15) is 28.2 Å². The quantitative estimate of drug-likeness (QED) is 0.675. The predicted octanol–water partition coefficient (Wildman–Crippen LogP) is 3.62. The lowest BCUT2D eigenvalue weighted by Gasteiger charge is -2.16. The van der Waals surface area contributed by atoms with Gasteiger partial charge in [0.25, 0.3) is 5.69 Å². The van der Waals surface area contributed by atoms with E-state index in [0.29, 0.717) is 6.42 Å². The molecule has 0 radical (unpaired) electrons. The molecule has 0 aliphatic rings. The fourth-order valence-electron chi connectivity index (χ4n) is 2.54. The highest BCUT2D eigenvalue weighted by Crippen LogP contribution is 2.26. The van der Waals surface area contributed by atoms with Gasteiger partial charge in [-0.15, -0.1) is 0 Å². The zero-order valence-electron chi connectivity index (χ0n) is 12.4. The van der Waals surface area contributed by atoms with E-state index in [4.69, 9.17) is 0 Å². The summed E-state index contributed by atoms with van der Waals surface area (Å²) in [5, 5.41) is 20.2. The van der Waals surface area contributed by atoms with Crippen molar-refractivity contribution in [1.29, 1.82) is 0 Å². The first-order valence-electron chi connectivity index (χ1n) is 6.92. The molecule has 0 saturated carbocycles. The summed E-state index contributed by atoms with van der Waals surface area (Å²) in [5.74, 6) is -1.56. The van der Waals surface area contributed by atoms with Gasteiger partial charge in [0.2, 0.25) is 0 Å². The first-order valence-corrected chi connectivity index (χ1v) is 6.92. The van der Waals surface area contributed by atoms with Gasteiger partial charge in [0.15, 0.2) is 0 Å². The fraction of sp³-hybridized carbons (Fsp3) is 0.235. The van der Waals surface area contributed by atoms with Crippen LogP contribution in [0.25, 0.3) is 0 Å². The molecule has 1 N–H and O–H groups in total. The van der Waals surface area contributed by atoms with E-state index in [-0.39, 0.29) is 5.69 Å². The van der Waals surface area contributed by atoms with E-state index >= 15 is 0 Å². The zero-order chi connectivity index (χ0) is 16.3. The molecule has 1 atom stereocenters. The molecule has 0 amide bonds. The summed E-state index contributed by atoms with van der Waals surface area (Å²) in [6.45, 7) is 3.86. The van der Waals surface area contributed by atoms with Crippen LogP contribution < -0.4 is 0 Å². The third-order valence-corrected chi connectivity index (χ3v) is 3.69. The van der Waals surface area contributed by atoms with Gasteiger partial charge in [-0.3, -0.25) is 14.9 Å². The largest absolute Gasteiger partial charge is 0.481 e. The van der Waals surface area contributed by atoms with E-state index < -0.39 is 16.8 Å². The molecular formula is C17H17NO4. The molecule has 5 nitrogen and oxygen atoms in total. The number of nitrogens with zero attached hydrogens (tertiary/aromatic N) is 1. The second-order valence-electron chi connectivity index (χ2n) is 5.38. The van der Waals surface area contributed by atoms with Crippen LogP contribution in [-0.4, -0.2) is 16.0 Å². The van der Waals surface area contributed by atoms with E-state index in [0.717, 1.165) is 22.3 Å². The van der Waals surface area contributed by atoms with E-state index in [9.17, 15) is 20.0 Å². The molecule has 0 aromatic heterocycles. The van der Waals surface area contributed by atoms with Crippen LogP contribution in [0, 0.1) is 24.0 Å². The van der Waals surface area contributed by atoms with Gasteiger partial charge in [-0.05, 0) is 37.0 Å². The molecule has 0 aliphatic carbocycles. The highest BCUT2D eigenvalue weighted by atomic mass is 16.6. The van der Waals surface area contributed by atoms with Crippen molar-refractivity contribution in [2.24, 2.45) is 0 Å². The number of carbonyl (C=O) groups is 1. The minimum Gasteiger partial charge on any atom is -0.481 e. The smallest absolute Gasteiger partial charge is 0.311 e. The minimum atomic E-state index is -0.898. The molecule has 0 bridgehead atoms. The molecule has 0 spiro atoms. The summed E-state index contributed by atoms with van der Waals surface area (Å²) in [4.78, 5) is 21.8. The number of hydrogen-bond acceptors (Lipinski definition) is 3. The van der Waals surface area contributed by atoms with E-state index in [1.165, 1.54) is 12.1 Å². The van der Waals surface area contributed by atoms with Crippen molar-refractivity contribution in [1.82, 2.24) is 0 Å².